The van der Waals surface area contributed by atoms with Gasteiger partial charge < -0.3 is 15.3 Å². The Kier molecular flexibility index (Phi) is 4.78. The van der Waals surface area contributed by atoms with Crippen LogP contribution in [0.2, 0.25) is 5.02 Å². The minimum Gasteiger partial charge on any atom is -0.394 e. The van der Waals surface area contributed by atoms with Crippen LogP contribution in [0.1, 0.15) is 75.2 Å². The second kappa shape index (κ2) is 7.58. The molecule has 4 fully saturated rings. The van der Waals surface area contributed by atoms with Crippen LogP contribution in [0, 0.1) is 0 Å². The van der Waals surface area contributed by atoms with Crippen LogP contribution < -0.4 is 10.2 Å². The van der Waals surface area contributed by atoms with Gasteiger partial charge in [-0.2, -0.15) is 4.98 Å². The fraction of sp³-hybridized carbons (Fsp3) is 0.667. The van der Waals surface area contributed by atoms with Gasteiger partial charge in [0, 0.05) is 41.6 Å². The summed E-state index contributed by atoms with van der Waals surface area (Å²) in [4.78, 5) is 22.4. The molecule has 8 nitrogen and oxygen atoms in total. The summed E-state index contributed by atoms with van der Waals surface area (Å²) in [5, 5.41) is 14.2. The highest BCUT2D eigenvalue weighted by molar-refractivity contribution is 7.85. The Labute approximate surface area is 206 Å². The number of rotatable bonds is 5. The third kappa shape index (κ3) is 3.23. The maximum atomic E-state index is 13.2. The number of piperidine rings is 1. The molecule has 2 bridgehead atoms. The third-order valence-electron chi connectivity index (χ3n) is 8.81. The Hall–Kier alpha value is -1.84. The molecule has 10 heteroatoms. The van der Waals surface area contributed by atoms with Crippen LogP contribution >= 0.6 is 11.6 Å². The lowest BCUT2D eigenvalue weighted by atomic mass is 9.77. The number of hydrogen-bond acceptors (Lipinski definition) is 8. The number of fused-ring (bicyclic) bond motifs is 4. The van der Waals surface area contributed by atoms with Gasteiger partial charge in [-0.1, -0.05) is 11.6 Å². The molecule has 5 aliphatic rings. The smallest absolute Gasteiger partial charge is 0.228 e. The first-order valence-corrected chi connectivity index (χ1v) is 14.1. The lowest BCUT2D eigenvalue weighted by molar-refractivity contribution is 0.143. The van der Waals surface area contributed by atoms with E-state index >= 15 is 0 Å². The second-order valence-electron chi connectivity index (χ2n) is 11.0. The van der Waals surface area contributed by atoms with Crippen LogP contribution in [0.5, 0.6) is 0 Å². The summed E-state index contributed by atoms with van der Waals surface area (Å²) in [5.41, 5.74) is 0.614. The Morgan fingerprint density at radius 3 is 2.41 bits per heavy atom. The zero-order valence-corrected chi connectivity index (χ0v) is 20.6. The predicted octanol–water partition coefficient (Wildman–Crippen LogP) is 3.31. The lowest BCUT2D eigenvalue weighted by Crippen LogP contribution is -2.49. The minimum atomic E-state index is -1.09. The summed E-state index contributed by atoms with van der Waals surface area (Å²) < 4.78 is 13.2. The number of aliphatic hydroxyl groups is 1. The largest absolute Gasteiger partial charge is 0.394 e. The first-order valence-electron chi connectivity index (χ1n) is 12.4. The van der Waals surface area contributed by atoms with Gasteiger partial charge in [-0.25, -0.2) is 15.0 Å². The summed E-state index contributed by atoms with van der Waals surface area (Å²) in [6.07, 6.45) is 12.5. The number of halogens is 1. The average molecular weight is 501 g/mol. The van der Waals surface area contributed by atoms with Gasteiger partial charge in [-0.05, 0) is 57.8 Å². The van der Waals surface area contributed by atoms with Crippen molar-refractivity contribution in [3.05, 3.63) is 28.9 Å². The highest BCUT2D eigenvalue weighted by atomic mass is 35.5. The molecule has 34 heavy (non-hydrogen) atoms. The standard InChI is InChI=1S/C24H29ClN6O2S/c25-15-10-26-20(27-11-15)14-8-16-2-3-17(9-14)31(16)22-28-19-18(34(33)13-23(19)6-7-23)21(29-22)30-24(12-32)4-1-5-24/h10-11,14,16-17,32H,1-9,12-13H2,(H,28,29,30)/t14?,16?,17?,34-/m0/s1. The van der Waals surface area contributed by atoms with Gasteiger partial charge in [-0.3, -0.25) is 4.21 Å². The summed E-state index contributed by atoms with van der Waals surface area (Å²) in [5.74, 6) is 3.30. The van der Waals surface area contributed by atoms with E-state index in [9.17, 15) is 9.32 Å². The molecule has 2 N–H and O–H groups in total. The molecule has 1 spiro atoms. The maximum Gasteiger partial charge on any atom is 0.228 e. The van der Waals surface area contributed by atoms with Gasteiger partial charge in [0.25, 0.3) is 0 Å². The van der Waals surface area contributed by atoms with Gasteiger partial charge in [0.05, 0.1) is 33.7 Å². The fourth-order valence-electron chi connectivity index (χ4n) is 6.56. The van der Waals surface area contributed by atoms with E-state index in [0.29, 0.717) is 34.6 Å². The average Bonchev–Trinajstić information content (AvgIpc) is 3.46. The Morgan fingerprint density at radius 1 is 1.12 bits per heavy atom. The highest BCUT2D eigenvalue weighted by Gasteiger charge is 2.56. The monoisotopic (exact) mass is 500 g/mol. The van der Waals surface area contributed by atoms with Crippen molar-refractivity contribution in [1.29, 1.82) is 0 Å². The molecule has 2 aliphatic carbocycles. The molecule has 0 radical (unpaired) electrons. The van der Waals surface area contributed by atoms with Crippen LogP contribution in [-0.4, -0.2) is 59.2 Å². The van der Waals surface area contributed by atoms with E-state index in [4.69, 9.17) is 21.6 Å². The first kappa shape index (κ1) is 21.4. The molecule has 180 valence electrons. The molecule has 2 saturated carbocycles. The van der Waals surface area contributed by atoms with Crippen molar-refractivity contribution in [2.75, 3.05) is 22.6 Å². The van der Waals surface area contributed by atoms with Crippen LogP contribution in [-0.2, 0) is 16.2 Å². The van der Waals surface area contributed by atoms with E-state index in [1.165, 1.54) is 0 Å². The zero-order valence-electron chi connectivity index (χ0n) is 19.0. The SMILES string of the molecule is O=[S@]1CC2(CC2)c2nc(N3C4CCC3CC(c3ncc(Cl)cn3)C4)nc(NC3(CO)CCC3)c21. The minimum absolute atomic E-state index is 0.0329. The van der Waals surface area contributed by atoms with E-state index in [2.05, 4.69) is 20.2 Å². The normalized spacial score (nSPS) is 31.9. The molecular formula is C24H29ClN6O2S. The van der Waals surface area contributed by atoms with Gasteiger partial charge in [-0.15, -0.1) is 0 Å². The number of nitrogens with zero attached hydrogens (tertiary/aromatic N) is 5. The third-order valence-corrected chi connectivity index (χ3v) is 10.7. The van der Waals surface area contributed by atoms with Gasteiger partial charge in [0.2, 0.25) is 5.95 Å². The zero-order chi connectivity index (χ0) is 23.1. The molecular weight excluding hydrogens is 472 g/mol. The molecule has 3 atom stereocenters. The molecule has 2 aromatic rings. The van der Waals surface area contributed by atoms with Crippen LogP contribution in [0.4, 0.5) is 11.8 Å². The van der Waals surface area contributed by atoms with Gasteiger partial charge in [0.1, 0.15) is 16.5 Å². The first-order chi connectivity index (χ1) is 16.5. The van der Waals surface area contributed by atoms with Crippen LogP contribution in [0.15, 0.2) is 17.3 Å². The molecule has 0 amide bonds. The lowest BCUT2D eigenvalue weighted by Gasteiger charge is -2.42. The Bertz CT molecular complexity index is 1150. The van der Waals surface area contributed by atoms with E-state index in [1.807, 2.05) is 0 Å². The maximum absolute atomic E-state index is 13.2. The second-order valence-corrected chi connectivity index (χ2v) is 12.8. The Balaban J connectivity index is 1.25. The van der Waals surface area contributed by atoms with Crippen molar-refractivity contribution >= 4 is 34.2 Å². The molecule has 5 heterocycles. The predicted molar refractivity (Wildman–Crippen MR) is 130 cm³/mol. The molecule has 3 aliphatic heterocycles. The number of hydrogen-bond donors (Lipinski definition) is 2. The summed E-state index contributed by atoms with van der Waals surface area (Å²) >= 11 is 6.00. The molecule has 2 aromatic heterocycles. The van der Waals surface area contributed by atoms with Crippen molar-refractivity contribution in [3.63, 3.8) is 0 Å². The van der Waals surface area contributed by atoms with Crippen molar-refractivity contribution in [3.8, 4) is 0 Å². The van der Waals surface area contributed by atoms with E-state index < -0.39 is 10.8 Å². The fourth-order valence-corrected chi connectivity index (χ4v) is 8.52. The number of aliphatic hydroxyl groups excluding tert-OH is 1. The van der Waals surface area contributed by atoms with Gasteiger partial charge >= 0.3 is 0 Å². The molecule has 2 unspecified atom stereocenters. The Morgan fingerprint density at radius 2 is 1.82 bits per heavy atom. The number of aromatic nitrogens is 4. The number of anilines is 2. The summed E-state index contributed by atoms with van der Waals surface area (Å²) in [7, 11) is -1.09. The summed E-state index contributed by atoms with van der Waals surface area (Å²) in [6.45, 7) is 0.0661. The molecule has 0 aromatic carbocycles. The summed E-state index contributed by atoms with van der Waals surface area (Å²) in [6, 6.07) is 0.679. The van der Waals surface area contributed by atoms with Crippen molar-refractivity contribution in [2.24, 2.45) is 0 Å². The van der Waals surface area contributed by atoms with E-state index in [0.717, 1.165) is 80.1 Å². The number of nitrogens with one attached hydrogen (secondary N) is 1. The van der Waals surface area contributed by atoms with Crippen LogP contribution in [0.3, 0.4) is 0 Å². The van der Waals surface area contributed by atoms with Crippen LogP contribution in [0.25, 0.3) is 0 Å². The van der Waals surface area contributed by atoms with Crippen molar-refractivity contribution < 1.29 is 9.32 Å². The van der Waals surface area contributed by atoms with Crippen molar-refractivity contribution in [2.45, 2.75) is 91.6 Å². The highest BCUT2D eigenvalue weighted by Crippen LogP contribution is 2.56. The topological polar surface area (TPSA) is 104 Å². The van der Waals surface area contributed by atoms with Gasteiger partial charge in [0.15, 0.2) is 0 Å². The quantitative estimate of drug-likeness (QED) is 0.644. The molecule has 2 saturated heterocycles. The van der Waals surface area contributed by atoms with E-state index in [-0.39, 0.29) is 17.6 Å². The van der Waals surface area contributed by atoms with E-state index in [1.54, 1.807) is 12.4 Å². The molecule has 7 rings (SSSR count). The van der Waals surface area contributed by atoms with Crippen molar-refractivity contribution in [1.82, 2.24) is 19.9 Å².